The minimum atomic E-state index is -0.660. The normalized spacial score (nSPS) is 14.5. The van der Waals surface area contributed by atoms with Gasteiger partial charge in [-0.15, -0.1) is 0 Å². The van der Waals surface area contributed by atoms with Crippen molar-refractivity contribution < 1.29 is 10.9 Å². The molecule has 0 aromatic heterocycles. The molecule has 0 N–H and O–H groups in total. The van der Waals surface area contributed by atoms with E-state index in [0.717, 1.165) is 6.42 Å². The van der Waals surface area contributed by atoms with Crippen LogP contribution in [-0.4, -0.2) is 12.6 Å². The summed E-state index contributed by atoms with van der Waals surface area (Å²) in [7, 11) is 0. The minimum absolute atomic E-state index is 0.372. The molecule has 0 fully saturated rings. The Balaban J connectivity index is 3.26. The van der Waals surface area contributed by atoms with Crippen LogP contribution < -0.4 is 0 Å². The van der Waals surface area contributed by atoms with Crippen LogP contribution in [-0.2, 0) is 9.53 Å². The molecule has 0 aliphatic rings. The van der Waals surface area contributed by atoms with Crippen LogP contribution in [0.5, 0.6) is 0 Å². The Labute approximate surface area is 51.2 Å². The fourth-order valence-corrected chi connectivity index (χ4v) is 0.294. The van der Waals surface area contributed by atoms with Gasteiger partial charge in [0, 0.05) is 6.92 Å². The van der Waals surface area contributed by atoms with Crippen LogP contribution in [0, 0.1) is 0 Å². The Hall–Kier alpha value is -0.530. The van der Waals surface area contributed by atoms with Gasteiger partial charge < -0.3 is 4.74 Å². The number of rotatable bonds is 3. The van der Waals surface area contributed by atoms with Crippen molar-refractivity contribution in [1.29, 1.82) is 0 Å². The first kappa shape index (κ1) is 5.60. The van der Waals surface area contributed by atoms with Crippen molar-refractivity contribution in [1.82, 2.24) is 0 Å². The Morgan fingerprint density at radius 1 is 1.88 bits per heavy atom. The van der Waals surface area contributed by atoms with Gasteiger partial charge in [-0.2, -0.15) is 0 Å². The Morgan fingerprint density at radius 3 is 2.88 bits per heavy atom. The largest absolute Gasteiger partial charge is 0.466 e. The van der Waals surface area contributed by atoms with Crippen LogP contribution in [0.4, 0.5) is 0 Å². The number of esters is 1. The molecule has 0 amide bonds. The van der Waals surface area contributed by atoms with Gasteiger partial charge in [0.1, 0.15) is 0 Å². The highest BCUT2D eigenvalue weighted by Crippen LogP contribution is 1.86. The van der Waals surface area contributed by atoms with E-state index in [-0.39, 0.29) is 5.97 Å². The minimum Gasteiger partial charge on any atom is -0.466 e. The highest BCUT2D eigenvalue weighted by Gasteiger charge is 1.88. The van der Waals surface area contributed by atoms with Crippen molar-refractivity contribution in [2.24, 2.45) is 0 Å². The van der Waals surface area contributed by atoms with Gasteiger partial charge in [-0.3, -0.25) is 4.79 Å². The van der Waals surface area contributed by atoms with Crippen molar-refractivity contribution in [2.45, 2.75) is 26.7 Å². The predicted octanol–water partition coefficient (Wildman–Crippen LogP) is 1.35. The van der Waals surface area contributed by atoms with Crippen molar-refractivity contribution in [3.8, 4) is 0 Å². The van der Waals surface area contributed by atoms with Crippen molar-refractivity contribution in [3.63, 3.8) is 0 Å². The molecule has 8 heavy (non-hydrogen) atoms. The van der Waals surface area contributed by atoms with Crippen molar-refractivity contribution in [3.05, 3.63) is 0 Å². The van der Waals surface area contributed by atoms with Crippen LogP contribution in [0.2, 0.25) is 0 Å². The molecule has 0 saturated carbocycles. The lowest BCUT2D eigenvalue weighted by atomic mass is 10.4. The Morgan fingerprint density at radius 2 is 2.50 bits per heavy atom. The average Bonchev–Trinajstić information content (AvgIpc) is 1.63. The summed E-state index contributed by atoms with van der Waals surface area (Å²) in [4.78, 5) is 10.2. The van der Waals surface area contributed by atoms with Gasteiger partial charge >= 0.3 is 5.97 Å². The summed E-state index contributed by atoms with van der Waals surface area (Å²) in [5.74, 6) is -0.372. The molecule has 0 bridgehead atoms. The maximum atomic E-state index is 10.2. The molecule has 0 heterocycles. The third-order valence-corrected chi connectivity index (χ3v) is 0.656. The molecule has 0 saturated heterocycles. The lowest BCUT2D eigenvalue weighted by Gasteiger charge is -1.96. The van der Waals surface area contributed by atoms with E-state index in [0.29, 0.717) is 6.42 Å². The molecule has 0 rings (SSSR count). The number of carbonyl (C=O) groups is 1. The maximum Gasteiger partial charge on any atom is 0.302 e. The lowest BCUT2D eigenvalue weighted by molar-refractivity contribution is -0.141. The standard InChI is InChI=1S/C6H12O2/c1-3-4-5-8-6(2)7/h3-5H2,1-2H3/i5D/t5-/m1/s1. The van der Waals surface area contributed by atoms with E-state index in [1.807, 2.05) is 6.92 Å². The third-order valence-electron chi connectivity index (χ3n) is 0.656. The van der Waals surface area contributed by atoms with E-state index in [9.17, 15) is 4.79 Å². The molecule has 0 aromatic carbocycles. The van der Waals surface area contributed by atoms with Crippen molar-refractivity contribution >= 4 is 5.97 Å². The summed E-state index contributed by atoms with van der Waals surface area (Å²) < 4.78 is 11.6. The van der Waals surface area contributed by atoms with Crippen molar-refractivity contribution in [2.75, 3.05) is 6.58 Å². The zero-order valence-corrected chi connectivity index (χ0v) is 5.31. The van der Waals surface area contributed by atoms with Crippen LogP contribution in [0.3, 0.4) is 0 Å². The molecule has 0 spiro atoms. The summed E-state index contributed by atoms with van der Waals surface area (Å²) in [5.41, 5.74) is 0. The van der Waals surface area contributed by atoms with Gasteiger partial charge in [-0.05, 0) is 6.42 Å². The van der Waals surface area contributed by atoms with E-state index in [2.05, 4.69) is 4.74 Å². The highest BCUT2D eigenvalue weighted by molar-refractivity contribution is 5.65. The first-order valence-corrected chi connectivity index (χ1v) is 2.76. The van der Waals surface area contributed by atoms with E-state index in [4.69, 9.17) is 1.37 Å². The lowest BCUT2D eigenvalue weighted by Crippen LogP contribution is -1.99. The molecule has 1 atom stereocenters. The van der Waals surface area contributed by atoms with E-state index >= 15 is 0 Å². The number of ether oxygens (including phenoxy) is 1. The first-order chi connectivity index (χ1) is 4.16. The van der Waals surface area contributed by atoms with Crippen LogP contribution in [0.15, 0.2) is 0 Å². The molecule has 0 aromatic rings. The fourth-order valence-electron chi connectivity index (χ4n) is 0.294. The third kappa shape index (κ3) is 5.47. The SMILES string of the molecule is [2H][C@H](CCC)OC(C)=O. The monoisotopic (exact) mass is 117 g/mol. The van der Waals surface area contributed by atoms with Crippen LogP contribution in [0.25, 0.3) is 0 Å². The summed E-state index contributed by atoms with van der Waals surface area (Å²) in [6.07, 6.45) is 1.50. The molecular formula is C6H12O2. The van der Waals surface area contributed by atoms with Gasteiger partial charge in [-0.1, -0.05) is 13.3 Å². The molecule has 2 heteroatoms. The molecule has 48 valence electrons. The van der Waals surface area contributed by atoms with Crippen LogP contribution >= 0.6 is 0 Å². The quantitative estimate of drug-likeness (QED) is 0.521. The molecule has 0 unspecified atom stereocenters. The summed E-state index contributed by atoms with van der Waals surface area (Å²) in [5, 5.41) is 0. The topological polar surface area (TPSA) is 26.3 Å². The van der Waals surface area contributed by atoms with Gasteiger partial charge in [0.15, 0.2) is 0 Å². The first-order valence-electron chi connectivity index (χ1n) is 3.34. The van der Waals surface area contributed by atoms with E-state index in [1.165, 1.54) is 6.92 Å². The van der Waals surface area contributed by atoms with Crippen LogP contribution in [0.1, 0.15) is 28.1 Å². The Kier molecular flexibility index (Phi) is 3.24. The Bertz CT molecular complexity index is 93.1. The zero-order valence-electron chi connectivity index (χ0n) is 6.31. The summed E-state index contributed by atoms with van der Waals surface area (Å²) in [6.45, 7) is 2.61. The summed E-state index contributed by atoms with van der Waals surface area (Å²) >= 11 is 0. The van der Waals surface area contributed by atoms with Gasteiger partial charge in [0.25, 0.3) is 0 Å². The smallest absolute Gasteiger partial charge is 0.302 e. The fraction of sp³-hybridized carbons (Fsp3) is 0.833. The highest BCUT2D eigenvalue weighted by atomic mass is 16.5. The number of hydrogen-bond acceptors (Lipinski definition) is 2. The molecule has 0 radical (unpaired) electrons. The number of carbonyl (C=O) groups excluding carboxylic acids is 1. The predicted molar refractivity (Wildman–Crippen MR) is 31.5 cm³/mol. The second-order valence-corrected chi connectivity index (χ2v) is 1.56. The number of hydrogen-bond donors (Lipinski definition) is 0. The second kappa shape index (κ2) is 4.62. The molecule has 2 nitrogen and oxygen atoms in total. The molecule has 0 aliphatic heterocycles. The van der Waals surface area contributed by atoms with Gasteiger partial charge in [0.05, 0.1) is 7.95 Å². The second-order valence-electron chi connectivity index (χ2n) is 1.56. The summed E-state index contributed by atoms with van der Waals surface area (Å²) in [6, 6.07) is 0. The van der Waals surface area contributed by atoms with Gasteiger partial charge in [-0.25, -0.2) is 0 Å². The van der Waals surface area contributed by atoms with E-state index in [1.54, 1.807) is 0 Å². The average molecular weight is 117 g/mol. The van der Waals surface area contributed by atoms with Gasteiger partial charge in [0.2, 0.25) is 0 Å². The molecule has 0 aliphatic carbocycles. The maximum absolute atomic E-state index is 10.2. The van der Waals surface area contributed by atoms with E-state index < -0.39 is 6.58 Å². The molecular weight excluding hydrogens is 104 g/mol. The zero-order chi connectivity index (χ0) is 7.28.